The molecule has 0 saturated heterocycles. The Morgan fingerprint density at radius 1 is 0.923 bits per heavy atom. The SMILES string of the molecule is [N-]=[N+]=NCCCCCCCCCN. The molecule has 0 aliphatic rings. The van der Waals surface area contributed by atoms with Gasteiger partial charge >= 0.3 is 0 Å². The highest BCUT2D eigenvalue weighted by Crippen LogP contribution is 2.06. The number of nitrogens with zero attached hydrogens (tertiary/aromatic N) is 3. The van der Waals surface area contributed by atoms with Gasteiger partial charge in [-0.15, -0.1) is 0 Å². The maximum absolute atomic E-state index is 8.01. The molecule has 0 spiro atoms. The molecule has 0 aromatic heterocycles. The van der Waals surface area contributed by atoms with Crippen LogP contribution in [0.1, 0.15) is 44.9 Å². The van der Waals surface area contributed by atoms with Crippen LogP contribution in [-0.4, -0.2) is 13.1 Å². The first-order valence-electron chi connectivity index (χ1n) is 5.12. The molecule has 0 aromatic rings. The van der Waals surface area contributed by atoms with Gasteiger partial charge in [-0.1, -0.05) is 37.2 Å². The van der Waals surface area contributed by atoms with Gasteiger partial charge in [0.05, 0.1) is 0 Å². The molecule has 0 unspecified atom stereocenters. The van der Waals surface area contributed by atoms with Crippen LogP contribution >= 0.6 is 0 Å². The number of nitrogens with two attached hydrogens (primary N) is 1. The number of rotatable bonds is 9. The maximum Gasteiger partial charge on any atom is 0.0257 e. The van der Waals surface area contributed by atoms with Gasteiger partial charge in [0.2, 0.25) is 0 Å². The third-order valence-corrected chi connectivity index (χ3v) is 2.03. The summed E-state index contributed by atoms with van der Waals surface area (Å²) in [5.74, 6) is 0. The zero-order valence-electron chi connectivity index (χ0n) is 8.28. The van der Waals surface area contributed by atoms with E-state index in [-0.39, 0.29) is 0 Å². The quantitative estimate of drug-likeness (QED) is 0.254. The van der Waals surface area contributed by atoms with Crippen molar-refractivity contribution >= 4 is 0 Å². The van der Waals surface area contributed by atoms with Crippen molar-refractivity contribution in [3.8, 4) is 0 Å². The molecule has 0 aliphatic carbocycles. The molecular formula is C9H20N4. The average Bonchev–Trinajstić information content (AvgIpc) is 2.16. The standard InChI is InChI=1S/C9H20N4/c10-8-6-4-2-1-3-5-7-9-12-13-11/h1-10H2. The highest BCUT2D eigenvalue weighted by atomic mass is 15.1. The molecule has 0 atom stereocenters. The summed E-state index contributed by atoms with van der Waals surface area (Å²) in [4.78, 5) is 2.71. The molecule has 0 radical (unpaired) electrons. The van der Waals surface area contributed by atoms with Crippen LogP contribution in [0.2, 0.25) is 0 Å². The largest absolute Gasteiger partial charge is 0.330 e. The topological polar surface area (TPSA) is 74.8 Å². The summed E-state index contributed by atoms with van der Waals surface area (Å²) >= 11 is 0. The van der Waals surface area contributed by atoms with Crippen molar-refractivity contribution in [3.05, 3.63) is 10.4 Å². The van der Waals surface area contributed by atoms with Crippen molar-refractivity contribution in [2.45, 2.75) is 44.9 Å². The zero-order chi connectivity index (χ0) is 9.78. The van der Waals surface area contributed by atoms with Crippen molar-refractivity contribution in [2.24, 2.45) is 10.8 Å². The second-order valence-corrected chi connectivity index (χ2v) is 3.22. The molecule has 0 saturated carbocycles. The fourth-order valence-electron chi connectivity index (χ4n) is 1.26. The van der Waals surface area contributed by atoms with Gasteiger partial charge in [-0.05, 0) is 24.9 Å². The Kier molecular flexibility index (Phi) is 10.6. The smallest absolute Gasteiger partial charge is 0.0257 e. The Labute approximate surface area is 80.1 Å². The second kappa shape index (κ2) is 11.3. The third kappa shape index (κ3) is 11.3. The van der Waals surface area contributed by atoms with Crippen LogP contribution in [0.3, 0.4) is 0 Å². The molecule has 13 heavy (non-hydrogen) atoms. The highest BCUT2D eigenvalue weighted by Gasteiger charge is 1.90. The van der Waals surface area contributed by atoms with E-state index in [4.69, 9.17) is 11.3 Å². The van der Waals surface area contributed by atoms with Gasteiger partial charge in [-0.25, -0.2) is 0 Å². The first-order valence-corrected chi connectivity index (χ1v) is 5.12. The number of azide groups is 1. The van der Waals surface area contributed by atoms with Crippen LogP contribution in [0, 0.1) is 0 Å². The van der Waals surface area contributed by atoms with Crippen LogP contribution in [-0.2, 0) is 0 Å². The van der Waals surface area contributed by atoms with E-state index in [1.807, 2.05) is 0 Å². The van der Waals surface area contributed by atoms with Crippen molar-refractivity contribution < 1.29 is 0 Å². The van der Waals surface area contributed by atoms with Gasteiger partial charge < -0.3 is 5.73 Å². The van der Waals surface area contributed by atoms with E-state index in [1.165, 1.54) is 32.1 Å². The molecule has 0 rings (SSSR count). The lowest BCUT2D eigenvalue weighted by molar-refractivity contribution is 0.584. The van der Waals surface area contributed by atoms with Gasteiger partial charge in [0.25, 0.3) is 0 Å². The average molecular weight is 184 g/mol. The molecule has 2 N–H and O–H groups in total. The Balaban J connectivity index is 2.87. The molecule has 76 valence electrons. The summed E-state index contributed by atoms with van der Waals surface area (Å²) in [7, 11) is 0. The van der Waals surface area contributed by atoms with Crippen LogP contribution in [0.25, 0.3) is 10.4 Å². The molecular weight excluding hydrogens is 164 g/mol. The summed E-state index contributed by atoms with van der Waals surface area (Å²) in [6, 6.07) is 0. The lowest BCUT2D eigenvalue weighted by atomic mass is 10.1. The number of hydrogen-bond acceptors (Lipinski definition) is 2. The highest BCUT2D eigenvalue weighted by molar-refractivity contribution is 4.49. The van der Waals surface area contributed by atoms with Gasteiger partial charge in [0.15, 0.2) is 0 Å². The fourth-order valence-corrected chi connectivity index (χ4v) is 1.26. The normalized spacial score (nSPS) is 9.62. The first kappa shape index (κ1) is 12.3. The monoisotopic (exact) mass is 184 g/mol. The van der Waals surface area contributed by atoms with Gasteiger partial charge in [-0.2, -0.15) is 0 Å². The van der Waals surface area contributed by atoms with Crippen LogP contribution < -0.4 is 5.73 Å². The first-order chi connectivity index (χ1) is 6.41. The summed E-state index contributed by atoms with van der Waals surface area (Å²) in [5, 5.41) is 3.48. The molecule has 0 aliphatic heterocycles. The van der Waals surface area contributed by atoms with Gasteiger partial charge in [0.1, 0.15) is 0 Å². The van der Waals surface area contributed by atoms with Gasteiger partial charge in [0, 0.05) is 11.5 Å². The van der Waals surface area contributed by atoms with Crippen LogP contribution in [0.15, 0.2) is 5.11 Å². The van der Waals surface area contributed by atoms with E-state index in [0.717, 1.165) is 19.4 Å². The second-order valence-electron chi connectivity index (χ2n) is 3.22. The summed E-state index contributed by atoms with van der Waals surface area (Å²) in [5.41, 5.74) is 13.4. The minimum Gasteiger partial charge on any atom is -0.330 e. The van der Waals surface area contributed by atoms with Crippen LogP contribution in [0.4, 0.5) is 0 Å². The van der Waals surface area contributed by atoms with Crippen molar-refractivity contribution in [1.29, 1.82) is 0 Å². The van der Waals surface area contributed by atoms with Crippen molar-refractivity contribution in [2.75, 3.05) is 13.1 Å². The molecule has 0 bridgehead atoms. The molecule has 4 nitrogen and oxygen atoms in total. The van der Waals surface area contributed by atoms with E-state index < -0.39 is 0 Å². The van der Waals surface area contributed by atoms with E-state index in [0.29, 0.717) is 6.54 Å². The summed E-state index contributed by atoms with van der Waals surface area (Å²) in [6.45, 7) is 1.47. The Morgan fingerprint density at radius 3 is 2.00 bits per heavy atom. The molecule has 0 heterocycles. The zero-order valence-corrected chi connectivity index (χ0v) is 8.28. The predicted octanol–water partition coefficient (Wildman–Crippen LogP) is 2.99. The van der Waals surface area contributed by atoms with Gasteiger partial charge in [-0.3, -0.25) is 0 Å². The molecule has 0 fully saturated rings. The Morgan fingerprint density at radius 2 is 1.46 bits per heavy atom. The Hall–Kier alpha value is -0.730. The molecule has 4 heteroatoms. The van der Waals surface area contributed by atoms with Crippen molar-refractivity contribution in [3.63, 3.8) is 0 Å². The van der Waals surface area contributed by atoms with E-state index >= 15 is 0 Å². The predicted molar refractivity (Wildman–Crippen MR) is 55.4 cm³/mol. The van der Waals surface area contributed by atoms with Crippen molar-refractivity contribution in [1.82, 2.24) is 0 Å². The molecule has 0 amide bonds. The number of unbranched alkanes of at least 4 members (excludes halogenated alkanes) is 6. The molecule has 0 aromatic carbocycles. The summed E-state index contributed by atoms with van der Waals surface area (Å²) in [6.07, 6.45) is 8.45. The van der Waals surface area contributed by atoms with E-state index in [2.05, 4.69) is 10.0 Å². The minimum absolute atomic E-state index is 0.652. The van der Waals surface area contributed by atoms with Crippen LogP contribution in [0.5, 0.6) is 0 Å². The van der Waals surface area contributed by atoms with E-state index in [1.54, 1.807) is 0 Å². The Bertz CT molecular complexity index is 141. The van der Waals surface area contributed by atoms with E-state index in [9.17, 15) is 0 Å². The minimum atomic E-state index is 0.652. The third-order valence-electron chi connectivity index (χ3n) is 2.03. The summed E-state index contributed by atoms with van der Waals surface area (Å²) < 4.78 is 0. The fraction of sp³-hybridized carbons (Fsp3) is 1.00. The number of hydrogen-bond donors (Lipinski definition) is 1. The lowest BCUT2D eigenvalue weighted by Crippen LogP contribution is -1.97. The maximum atomic E-state index is 8.01. The lowest BCUT2D eigenvalue weighted by Gasteiger charge is -1.99.